The van der Waals surface area contributed by atoms with E-state index in [0.29, 0.717) is 34.4 Å². The van der Waals surface area contributed by atoms with Crippen LogP contribution < -0.4 is 25.1 Å². The molecule has 0 aliphatic heterocycles. The Morgan fingerprint density at radius 3 is 2.48 bits per heavy atom. The monoisotopic (exact) mass is 392 g/mol. The summed E-state index contributed by atoms with van der Waals surface area (Å²) in [6, 6.07) is 9.96. The first kappa shape index (κ1) is 20.4. The molecule has 0 atom stereocenters. The Morgan fingerprint density at radius 1 is 1.00 bits per heavy atom. The summed E-state index contributed by atoms with van der Waals surface area (Å²) in [6.07, 6.45) is 0. The first-order valence-corrected chi connectivity index (χ1v) is 8.61. The smallest absolute Gasteiger partial charge is 0.276 e. The van der Waals surface area contributed by atoms with Gasteiger partial charge in [0.05, 0.1) is 18.7 Å². The lowest BCUT2D eigenvalue weighted by atomic mass is 10.2. The third-order valence-corrected chi connectivity index (χ3v) is 3.80. The van der Waals surface area contributed by atoms with Gasteiger partial charge in [0.1, 0.15) is 5.75 Å². The number of aryl methyl sites for hydroxylation is 1. The number of hydrazine groups is 1. The maximum absolute atomic E-state index is 12.2. The van der Waals surface area contributed by atoms with E-state index in [0.717, 1.165) is 5.56 Å². The molecule has 0 saturated heterocycles. The summed E-state index contributed by atoms with van der Waals surface area (Å²) in [4.78, 5) is 24.0. The molecule has 2 N–H and O–H groups in total. The van der Waals surface area contributed by atoms with Gasteiger partial charge in [-0.15, -0.1) is 0 Å². The molecule has 7 nitrogen and oxygen atoms in total. The fraction of sp³-hybridized carbons (Fsp3) is 0.263. The first-order valence-electron chi connectivity index (χ1n) is 8.23. The number of hydrogen-bond donors (Lipinski definition) is 2. The van der Waals surface area contributed by atoms with Crippen LogP contribution in [0.1, 0.15) is 22.8 Å². The Morgan fingerprint density at radius 2 is 1.78 bits per heavy atom. The summed E-state index contributed by atoms with van der Waals surface area (Å²) in [5.74, 6) is 0.323. The highest BCUT2D eigenvalue weighted by Crippen LogP contribution is 2.28. The summed E-state index contributed by atoms with van der Waals surface area (Å²) in [5, 5.41) is 0.402. The van der Waals surface area contributed by atoms with E-state index in [1.807, 2.05) is 19.9 Å². The van der Waals surface area contributed by atoms with E-state index in [1.54, 1.807) is 24.3 Å². The summed E-state index contributed by atoms with van der Waals surface area (Å²) in [6.45, 7) is 3.91. The molecule has 0 saturated carbocycles. The molecule has 0 aliphatic carbocycles. The predicted molar refractivity (Wildman–Crippen MR) is 101 cm³/mol. The topological polar surface area (TPSA) is 85.9 Å². The summed E-state index contributed by atoms with van der Waals surface area (Å²) in [7, 11) is 1.48. The van der Waals surface area contributed by atoms with Crippen LogP contribution in [-0.4, -0.2) is 32.1 Å². The van der Waals surface area contributed by atoms with Crippen molar-refractivity contribution in [1.29, 1.82) is 0 Å². The van der Waals surface area contributed by atoms with Crippen LogP contribution in [0.15, 0.2) is 36.4 Å². The lowest BCUT2D eigenvalue weighted by Crippen LogP contribution is -2.43. The van der Waals surface area contributed by atoms with Gasteiger partial charge in [-0.05, 0) is 49.7 Å². The molecule has 2 rings (SSSR count). The minimum atomic E-state index is -0.529. The zero-order valence-corrected chi connectivity index (χ0v) is 16.1. The third-order valence-electron chi connectivity index (χ3n) is 3.49. The van der Waals surface area contributed by atoms with Crippen LogP contribution in [0.25, 0.3) is 0 Å². The van der Waals surface area contributed by atoms with E-state index < -0.39 is 11.8 Å². The molecule has 0 radical (unpaired) electrons. The molecule has 2 aromatic carbocycles. The molecule has 8 heteroatoms. The number of benzene rings is 2. The largest absolute Gasteiger partial charge is 0.493 e. The quantitative estimate of drug-likeness (QED) is 0.707. The van der Waals surface area contributed by atoms with Crippen LogP contribution in [0, 0.1) is 6.92 Å². The number of halogens is 1. The lowest BCUT2D eigenvalue weighted by Gasteiger charge is -2.12. The van der Waals surface area contributed by atoms with Gasteiger partial charge in [-0.2, -0.15) is 0 Å². The number of carbonyl (C=O) groups excluding carboxylic acids is 2. The van der Waals surface area contributed by atoms with Gasteiger partial charge in [-0.25, -0.2) is 0 Å². The maximum atomic E-state index is 12.2. The molecule has 2 aromatic rings. The second kappa shape index (κ2) is 9.68. The number of nitrogens with one attached hydrogen (secondary N) is 2. The highest BCUT2D eigenvalue weighted by atomic mass is 35.5. The van der Waals surface area contributed by atoms with Crippen molar-refractivity contribution in [2.24, 2.45) is 0 Å². The SMILES string of the molecule is CCOc1ccc(C(=O)NNC(=O)COc2cc(C)ccc2Cl)cc1OC. The van der Waals surface area contributed by atoms with Crippen LogP contribution in [0.3, 0.4) is 0 Å². The lowest BCUT2D eigenvalue weighted by molar-refractivity contribution is -0.123. The van der Waals surface area contributed by atoms with Crippen LogP contribution in [0.2, 0.25) is 5.02 Å². The van der Waals surface area contributed by atoms with Crippen LogP contribution in [-0.2, 0) is 4.79 Å². The number of hydrogen-bond acceptors (Lipinski definition) is 5. The van der Waals surface area contributed by atoms with E-state index >= 15 is 0 Å². The zero-order chi connectivity index (χ0) is 19.8. The zero-order valence-electron chi connectivity index (χ0n) is 15.3. The second-order valence-corrected chi connectivity index (χ2v) is 5.93. The number of methoxy groups -OCH3 is 1. The molecule has 27 heavy (non-hydrogen) atoms. The minimum absolute atomic E-state index is 0.296. The number of ether oxygens (including phenoxy) is 3. The van der Waals surface area contributed by atoms with E-state index in [1.165, 1.54) is 13.2 Å². The van der Waals surface area contributed by atoms with Gasteiger partial charge in [0.15, 0.2) is 18.1 Å². The Kier molecular flexibility index (Phi) is 7.31. The summed E-state index contributed by atoms with van der Waals surface area (Å²) >= 11 is 6.00. The van der Waals surface area contributed by atoms with Crippen molar-refractivity contribution >= 4 is 23.4 Å². The van der Waals surface area contributed by atoms with Crippen molar-refractivity contribution in [3.8, 4) is 17.2 Å². The number of rotatable bonds is 7. The molecule has 0 bridgehead atoms. The highest BCUT2D eigenvalue weighted by Gasteiger charge is 2.12. The molecular weight excluding hydrogens is 372 g/mol. The average molecular weight is 393 g/mol. The Hall–Kier alpha value is -2.93. The average Bonchev–Trinajstić information content (AvgIpc) is 2.67. The van der Waals surface area contributed by atoms with Crippen molar-refractivity contribution in [3.05, 3.63) is 52.5 Å². The molecule has 0 fully saturated rings. The van der Waals surface area contributed by atoms with Crippen LogP contribution in [0.4, 0.5) is 0 Å². The molecule has 2 amide bonds. The predicted octanol–water partition coefficient (Wildman–Crippen LogP) is 2.90. The van der Waals surface area contributed by atoms with Crippen molar-refractivity contribution in [1.82, 2.24) is 10.9 Å². The molecule has 144 valence electrons. The molecule has 0 unspecified atom stereocenters. The summed E-state index contributed by atoms with van der Waals surface area (Å²) < 4.78 is 16.0. The molecule has 0 spiro atoms. The van der Waals surface area contributed by atoms with Crippen molar-refractivity contribution in [2.45, 2.75) is 13.8 Å². The van der Waals surface area contributed by atoms with Gasteiger partial charge in [0.2, 0.25) is 0 Å². The van der Waals surface area contributed by atoms with Gasteiger partial charge in [-0.3, -0.25) is 20.4 Å². The normalized spacial score (nSPS) is 10.1. The molecule has 0 aliphatic rings. The maximum Gasteiger partial charge on any atom is 0.276 e. The van der Waals surface area contributed by atoms with Gasteiger partial charge < -0.3 is 14.2 Å². The Balaban J connectivity index is 1.89. The van der Waals surface area contributed by atoms with Gasteiger partial charge in [-0.1, -0.05) is 17.7 Å². The van der Waals surface area contributed by atoms with Crippen molar-refractivity contribution in [3.63, 3.8) is 0 Å². The van der Waals surface area contributed by atoms with Gasteiger partial charge in [0, 0.05) is 5.56 Å². The van der Waals surface area contributed by atoms with Crippen molar-refractivity contribution < 1.29 is 23.8 Å². The standard InChI is InChI=1S/C19H21ClN2O5/c1-4-26-15-8-6-13(10-17(15)25-3)19(24)22-21-18(23)11-27-16-9-12(2)5-7-14(16)20/h5-10H,4,11H2,1-3H3,(H,21,23)(H,22,24). The highest BCUT2D eigenvalue weighted by molar-refractivity contribution is 6.32. The third kappa shape index (κ3) is 5.79. The van der Waals surface area contributed by atoms with Crippen molar-refractivity contribution in [2.75, 3.05) is 20.3 Å². The van der Waals surface area contributed by atoms with Gasteiger partial charge >= 0.3 is 0 Å². The number of carbonyl (C=O) groups is 2. The van der Waals surface area contributed by atoms with Crippen LogP contribution >= 0.6 is 11.6 Å². The first-order chi connectivity index (χ1) is 12.9. The molecular formula is C19H21ClN2O5. The minimum Gasteiger partial charge on any atom is -0.493 e. The fourth-order valence-corrected chi connectivity index (χ4v) is 2.35. The van der Waals surface area contributed by atoms with Gasteiger partial charge in [0.25, 0.3) is 11.8 Å². The summed E-state index contributed by atoms with van der Waals surface area (Å²) in [5.41, 5.74) is 5.86. The van der Waals surface area contributed by atoms with E-state index in [2.05, 4.69) is 10.9 Å². The number of amides is 2. The van der Waals surface area contributed by atoms with E-state index in [-0.39, 0.29) is 6.61 Å². The second-order valence-electron chi connectivity index (χ2n) is 5.52. The Bertz CT molecular complexity index is 826. The Labute approximate surface area is 162 Å². The molecule has 0 heterocycles. The van der Waals surface area contributed by atoms with E-state index in [4.69, 9.17) is 25.8 Å². The van der Waals surface area contributed by atoms with E-state index in [9.17, 15) is 9.59 Å². The fourth-order valence-electron chi connectivity index (χ4n) is 2.18. The molecule has 0 aromatic heterocycles. The van der Waals surface area contributed by atoms with Crippen LogP contribution in [0.5, 0.6) is 17.2 Å².